The van der Waals surface area contributed by atoms with Crippen LogP contribution in [-0.2, 0) is 0 Å². The van der Waals surface area contributed by atoms with Crippen molar-refractivity contribution in [2.75, 3.05) is 5.32 Å². The zero-order chi connectivity index (χ0) is 16.2. The summed E-state index contributed by atoms with van der Waals surface area (Å²) in [4.78, 5) is 12.4. The van der Waals surface area contributed by atoms with Crippen LogP contribution >= 0.6 is 11.6 Å². The molecule has 0 aromatic heterocycles. The number of hydrogen-bond acceptors (Lipinski definition) is 2. The zero-order valence-electron chi connectivity index (χ0n) is 12.7. The van der Waals surface area contributed by atoms with Gasteiger partial charge in [-0.15, -0.1) is 0 Å². The van der Waals surface area contributed by atoms with E-state index in [1.54, 1.807) is 12.3 Å². The second-order valence-electron chi connectivity index (χ2n) is 5.33. The SMILES string of the molecule is Cc1ccc(Cl)cc1N/C=C/C(=O)c1cccc2ccccc12. The van der Waals surface area contributed by atoms with Crippen molar-refractivity contribution in [2.45, 2.75) is 6.92 Å². The lowest BCUT2D eigenvalue weighted by Crippen LogP contribution is -1.98. The summed E-state index contributed by atoms with van der Waals surface area (Å²) < 4.78 is 0. The highest BCUT2D eigenvalue weighted by atomic mass is 35.5. The Morgan fingerprint density at radius 3 is 2.70 bits per heavy atom. The molecule has 1 N–H and O–H groups in total. The van der Waals surface area contributed by atoms with E-state index in [0.29, 0.717) is 10.6 Å². The molecule has 3 heteroatoms. The van der Waals surface area contributed by atoms with Crippen molar-refractivity contribution in [2.24, 2.45) is 0 Å². The first-order chi connectivity index (χ1) is 11.1. The van der Waals surface area contributed by atoms with Crippen LogP contribution in [0.4, 0.5) is 5.69 Å². The Morgan fingerprint density at radius 1 is 1.04 bits per heavy atom. The summed E-state index contributed by atoms with van der Waals surface area (Å²) in [7, 11) is 0. The first-order valence-corrected chi connectivity index (χ1v) is 7.74. The van der Waals surface area contributed by atoms with Gasteiger partial charge in [0.1, 0.15) is 0 Å². The van der Waals surface area contributed by atoms with Crippen LogP contribution in [-0.4, -0.2) is 5.78 Å². The van der Waals surface area contributed by atoms with Gasteiger partial charge in [0.2, 0.25) is 0 Å². The summed E-state index contributed by atoms with van der Waals surface area (Å²) in [5, 5.41) is 5.80. The van der Waals surface area contributed by atoms with E-state index in [9.17, 15) is 4.79 Å². The monoisotopic (exact) mass is 321 g/mol. The van der Waals surface area contributed by atoms with E-state index >= 15 is 0 Å². The molecule has 0 saturated heterocycles. The van der Waals surface area contributed by atoms with E-state index in [4.69, 9.17) is 11.6 Å². The molecule has 0 aliphatic carbocycles. The third-order valence-corrected chi connectivity index (χ3v) is 3.96. The van der Waals surface area contributed by atoms with E-state index in [1.807, 2.05) is 67.6 Å². The second kappa shape index (κ2) is 6.67. The Labute approximate surface area is 140 Å². The minimum absolute atomic E-state index is 0.0334. The van der Waals surface area contributed by atoms with Crippen LogP contribution in [0.5, 0.6) is 0 Å². The second-order valence-corrected chi connectivity index (χ2v) is 5.76. The van der Waals surface area contributed by atoms with Crippen LogP contribution in [0.15, 0.2) is 72.9 Å². The smallest absolute Gasteiger partial charge is 0.187 e. The fourth-order valence-corrected chi connectivity index (χ4v) is 2.66. The largest absolute Gasteiger partial charge is 0.361 e. The molecule has 23 heavy (non-hydrogen) atoms. The Hall–Kier alpha value is -2.58. The summed E-state index contributed by atoms with van der Waals surface area (Å²) in [5.74, 6) is -0.0334. The number of aryl methyl sites for hydroxylation is 1. The molecule has 2 nitrogen and oxygen atoms in total. The molecule has 0 radical (unpaired) electrons. The van der Waals surface area contributed by atoms with Gasteiger partial charge in [-0.3, -0.25) is 4.79 Å². The predicted molar refractivity (Wildman–Crippen MR) is 97.2 cm³/mol. The number of halogens is 1. The first kappa shape index (κ1) is 15.3. The fraction of sp³-hybridized carbons (Fsp3) is 0.0500. The standard InChI is InChI=1S/C20H16ClNO/c1-14-9-10-16(21)13-19(14)22-12-11-20(23)18-8-4-6-15-5-2-3-7-17(15)18/h2-13,22H,1H3/b12-11+. The fourth-order valence-electron chi connectivity index (χ4n) is 2.49. The van der Waals surface area contributed by atoms with Crippen LogP contribution in [0.3, 0.4) is 0 Å². The lowest BCUT2D eigenvalue weighted by Gasteiger charge is -2.06. The van der Waals surface area contributed by atoms with Gasteiger partial charge in [0.25, 0.3) is 0 Å². The Kier molecular flexibility index (Phi) is 4.45. The minimum atomic E-state index is -0.0334. The maximum absolute atomic E-state index is 12.4. The molecule has 0 unspecified atom stereocenters. The lowest BCUT2D eigenvalue weighted by molar-refractivity contribution is 0.104. The van der Waals surface area contributed by atoms with Crippen LogP contribution in [0.25, 0.3) is 10.8 Å². The normalized spacial score (nSPS) is 11.0. The molecule has 0 spiro atoms. The van der Waals surface area contributed by atoms with Gasteiger partial charge in [0.15, 0.2) is 5.78 Å². The van der Waals surface area contributed by atoms with Gasteiger partial charge in [-0.05, 0) is 35.4 Å². The summed E-state index contributed by atoms with van der Waals surface area (Å²) in [6, 6.07) is 19.2. The summed E-state index contributed by atoms with van der Waals surface area (Å²) >= 11 is 5.99. The average Bonchev–Trinajstić information content (AvgIpc) is 2.57. The van der Waals surface area contributed by atoms with Crippen LogP contribution in [0, 0.1) is 6.92 Å². The molecule has 0 bridgehead atoms. The topological polar surface area (TPSA) is 29.1 Å². The van der Waals surface area contributed by atoms with Gasteiger partial charge < -0.3 is 5.32 Å². The number of ketones is 1. The molecular formula is C20H16ClNO. The minimum Gasteiger partial charge on any atom is -0.361 e. The number of anilines is 1. The zero-order valence-corrected chi connectivity index (χ0v) is 13.5. The van der Waals surface area contributed by atoms with E-state index < -0.39 is 0 Å². The van der Waals surface area contributed by atoms with Crippen molar-refractivity contribution in [3.63, 3.8) is 0 Å². The Balaban J connectivity index is 1.82. The summed E-state index contributed by atoms with van der Waals surface area (Å²) in [5.41, 5.74) is 2.65. The molecule has 3 aromatic carbocycles. The number of carbonyl (C=O) groups excluding carboxylic acids is 1. The molecule has 3 rings (SSSR count). The molecule has 0 heterocycles. The van der Waals surface area contributed by atoms with E-state index in [2.05, 4.69) is 5.32 Å². The van der Waals surface area contributed by atoms with Crippen molar-refractivity contribution in [1.29, 1.82) is 0 Å². The van der Waals surface area contributed by atoms with Crippen molar-refractivity contribution >= 4 is 33.8 Å². The molecule has 0 amide bonds. The van der Waals surface area contributed by atoms with Gasteiger partial charge in [0.05, 0.1) is 0 Å². The molecule has 0 aliphatic heterocycles. The van der Waals surface area contributed by atoms with Crippen molar-refractivity contribution < 1.29 is 4.79 Å². The van der Waals surface area contributed by atoms with Crippen molar-refractivity contribution in [1.82, 2.24) is 0 Å². The number of allylic oxidation sites excluding steroid dienone is 1. The predicted octanol–water partition coefficient (Wildman–Crippen LogP) is 5.61. The van der Waals surface area contributed by atoms with Crippen LogP contribution in [0.2, 0.25) is 5.02 Å². The number of benzene rings is 3. The Morgan fingerprint density at radius 2 is 1.83 bits per heavy atom. The highest BCUT2D eigenvalue weighted by Gasteiger charge is 2.06. The highest BCUT2D eigenvalue weighted by molar-refractivity contribution is 6.30. The molecule has 0 atom stereocenters. The van der Waals surface area contributed by atoms with Gasteiger partial charge >= 0.3 is 0 Å². The van der Waals surface area contributed by atoms with Gasteiger partial charge in [-0.25, -0.2) is 0 Å². The van der Waals surface area contributed by atoms with E-state index in [-0.39, 0.29) is 5.78 Å². The van der Waals surface area contributed by atoms with Crippen molar-refractivity contribution in [3.05, 3.63) is 89.1 Å². The molecule has 114 valence electrons. The number of rotatable bonds is 4. The number of nitrogens with one attached hydrogen (secondary N) is 1. The van der Waals surface area contributed by atoms with Gasteiger partial charge in [0, 0.05) is 28.5 Å². The molecule has 0 saturated carbocycles. The average molecular weight is 322 g/mol. The van der Waals surface area contributed by atoms with E-state index in [1.165, 1.54) is 0 Å². The maximum atomic E-state index is 12.4. The van der Waals surface area contributed by atoms with Crippen LogP contribution < -0.4 is 5.32 Å². The number of hydrogen-bond donors (Lipinski definition) is 1. The van der Waals surface area contributed by atoms with E-state index in [0.717, 1.165) is 22.0 Å². The molecule has 0 fully saturated rings. The van der Waals surface area contributed by atoms with Gasteiger partial charge in [-0.1, -0.05) is 60.1 Å². The maximum Gasteiger partial charge on any atom is 0.187 e. The summed E-state index contributed by atoms with van der Waals surface area (Å²) in [6.07, 6.45) is 3.20. The molecule has 3 aromatic rings. The number of fused-ring (bicyclic) bond motifs is 1. The number of carbonyl (C=O) groups is 1. The third kappa shape index (κ3) is 3.43. The molecule has 0 aliphatic rings. The highest BCUT2D eigenvalue weighted by Crippen LogP contribution is 2.21. The quantitative estimate of drug-likeness (QED) is 0.500. The lowest BCUT2D eigenvalue weighted by atomic mass is 10.0. The summed E-state index contributed by atoms with van der Waals surface area (Å²) in [6.45, 7) is 1.99. The van der Waals surface area contributed by atoms with Gasteiger partial charge in [-0.2, -0.15) is 0 Å². The Bertz CT molecular complexity index is 894. The molecular weight excluding hydrogens is 306 g/mol. The van der Waals surface area contributed by atoms with Crippen molar-refractivity contribution in [3.8, 4) is 0 Å². The first-order valence-electron chi connectivity index (χ1n) is 7.36. The third-order valence-electron chi connectivity index (χ3n) is 3.73. The van der Waals surface area contributed by atoms with Crippen LogP contribution in [0.1, 0.15) is 15.9 Å².